The zero-order chi connectivity index (χ0) is 13.8. The van der Waals surface area contributed by atoms with Gasteiger partial charge in [-0.1, -0.05) is 0 Å². The normalized spacial score (nSPS) is 18.2. The van der Waals surface area contributed by atoms with Crippen LogP contribution in [0.1, 0.15) is 12.0 Å². The first-order valence-electron chi connectivity index (χ1n) is 6.35. The van der Waals surface area contributed by atoms with Crippen molar-refractivity contribution in [2.24, 2.45) is 7.05 Å². The molecule has 20 heavy (non-hydrogen) atoms. The Morgan fingerprint density at radius 2 is 2.35 bits per heavy atom. The van der Waals surface area contributed by atoms with Gasteiger partial charge in [-0.15, -0.1) is 12.4 Å². The summed E-state index contributed by atoms with van der Waals surface area (Å²) in [6, 6.07) is 2.03. The summed E-state index contributed by atoms with van der Waals surface area (Å²) in [5, 5.41) is 6.06. The van der Waals surface area contributed by atoms with Crippen LogP contribution in [0.5, 0.6) is 0 Å². The summed E-state index contributed by atoms with van der Waals surface area (Å²) in [7, 11) is 1.68. The smallest absolute Gasteiger partial charge is 0.274 e. The van der Waals surface area contributed by atoms with Crippen molar-refractivity contribution in [2.45, 2.75) is 19.4 Å². The Labute approximate surface area is 128 Å². The molecule has 7 heteroatoms. The lowest BCUT2D eigenvalue weighted by atomic mass is 10.2. The first-order valence-corrected chi connectivity index (χ1v) is 7.50. The van der Waals surface area contributed by atoms with Crippen molar-refractivity contribution in [3.63, 3.8) is 0 Å². The molecule has 1 unspecified atom stereocenters. The number of hydrogen-bond donors (Lipinski definition) is 2. The van der Waals surface area contributed by atoms with Gasteiger partial charge in [-0.3, -0.25) is 9.59 Å². The Morgan fingerprint density at radius 1 is 1.60 bits per heavy atom. The summed E-state index contributed by atoms with van der Waals surface area (Å²) in [6.45, 7) is 2.76. The summed E-state index contributed by atoms with van der Waals surface area (Å²) < 4.78 is 1.47. The Hall–Kier alpha value is -0.980. The number of halogens is 1. The zero-order valence-electron chi connectivity index (χ0n) is 11.6. The third-order valence-corrected chi connectivity index (χ3v) is 4.30. The predicted octanol–water partition coefficient (Wildman–Crippen LogP) is 1.15. The van der Waals surface area contributed by atoms with Crippen molar-refractivity contribution in [1.82, 2.24) is 9.88 Å². The van der Waals surface area contributed by atoms with Gasteiger partial charge < -0.3 is 15.2 Å². The highest BCUT2D eigenvalue weighted by atomic mass is 35.5. The van der Waals surface area contributed by atoms with E-state index in [1.54, 1.807) is 13.2 Å². The first-order chi connectivity index (χ1) is 9.08. The fourth-order valence-corrected chi connectivity index (χ4v) is 2.99. The van der Waals surface area contributed by atoms with Gasteiger partial charge in [0.25, 0.3) is 5.56 Å². The Kier molecular flexibility index (Phi) is 6.58. The Balaban J connectivity index is 0.00000200. The van der Waals surface area contributed by atoms with Gasteiger partial charge in [0, 0.05) is 43.8 Å². The van der Waals surface area contributed by atoms with E-state index >= 15 is 0 Å². The summed E-state index contributed by atoms with van der Waals surface area (Å²) in [6.07, 6.45) is 2.11. The molecule has 0 spiro atoms. The number of amides is 1. The number of nitrogens with zero attached hydrogens (tertiary/aromatic N) is 1. The van der Waals surface area contributed by atoms with Crippen LogP contribution < -0.4 is 16.2 Å². The lowest BCUT2D eigenvalue weighted by molar-refractivity contribution is -0.116. The van der Waals surface area contributed by atoms with Crippen molar-refractivity contribution in [1.29, 1.82) is 0 Å². The van der Waals surface area contributed by atoms with Crippen molar-refractivity contribution in [3.05, 3.63) is 28.2 Å². The SMILES string of the molecule is Cc1ccn(C)c(=O)c1NC(=O)CC1CSCCN1.Cl. The number of carbonyl (C=O) groups excluding carboxylic acids is 1. The molecule has 1 aromatic rings. The second kappa shape index (κ2) is 7.71. The molecule has 0 radical (unpaired) electrons. The molecule has 2 heterocycles. The van der Waals surface area contributed by atoms with Crippen LogP contribution in [0.2, 0.25) is 0 Å². The average molecular weight is 318 g/mol. The minimum absolute atomic E-state index is 0. The van der Waals surface area contributed by atoms with E-state index in [9.17, 15) is 9.59 Å². The largest absolute Gasteiger partial charge is 0.321 e. The van der Waals surface area contributed by atoms with E-state index in [-0.39, 0.29) is 29.9 Å². The molecular weight excluding hydrogens is 298 g/mol. The number of anilines is 1. The molecule has 0 aromatic carbocycles. The number of aromatic nitrogens is 1. The van der Waals surface area contributed by atoms with E-state index in [2.05, 4.69) is 10.6 Å². The molecule has 2 rings (SSSR count). The van der Waals surface area contributed by atoms with Crippen LogP contribution in [0.4, 0.5) is 5.69 Å². The zero-order valence-corrected chi connectivity index (χ0v) is 13.3. The van der Waals surface area contributed by atoms with E-state index in [1.807, 2.05) is 24.8 Å². The van der Waals surface area contributed by atoms with Crippen LogP contribution in [-0.4, -0.2) is 34.6 Å². The third-order valence-electron chi connectivity index (χ3n) is 3.17. The third kappa shape index (κ3) is 4.26. The quantitative estimate of drug-likeness (QED) is 0.878. The predicted molar refractivity (Wildman–Crippen MR) is 86.0 cm³/mol. The van der Waals surface area contributed by atoms with E-state index in [1.165, 1.54) is 4.57 Å². The highest BCUT2D eigenvalue weighted by Crippen LogP contribution is 2.12. The number of pyridine rings is 1. The molecule has 2 N–H and O–H groups in total. The van der Waals surface area contributed by atoms with Crippen LogP contribution in [0.3, 0.4) is 0 Å². The van der Waals surface area contributed by atoms with Crippen LogP contribution in [0.15, 0.2) is 17.1 Å². The fourth-order valence-electron chi connectivity index (χ4n) is 2.04. The van der Waals surface area contributed by atoms with Gasteiger partial charge in [-0.05, 0) is 18.6 Å². The van der Waals surface area contributed by atoms with Crippen molar-refractivity contribution in [2.75, 3.05) is 23.4 Å². The number of hydrogen-bond acceptors (Lipinski definition) is 4. The molecule has 1 saturated heterocycles. The molecule has 0 saturated carbocycles. The van der Waals surface area contributed by atoms with Crippen molar-refractivity contribution < 1.29 is 4.79 Å². The number of rotatable bonds is 3. The summed E-state index contributed by atoms with van der Waals surface area (Å²) >= 11 is 1.85. The molecule has 112 valence electrons. The standard InChI is InChI=1S/C13H19N3O2S.ClH/c1-9-3-5-16(2)13(18)12(9)15-11(17)7-10-8-19-6-4-14-10;/h3,5,10,14H,4,6-8H2,1-2H3,(H,15,17);1H. The minimum atomic E-state index is -0.167. The maximum absolute atomic E-state index is 12.0. The van der Waals surface area contributed by atoms with Gasteiger partial charge in [0.2, 0.25) is 5.91 Å². The van der Waals surface area contributed by atoms with Gasteiger partial charge in [-0.2, -0.15) is 11.8 Å². The summed E-state index contributed by atoms with van der Waals surface area (Å²) in [5.74, 6) is 1.93. The second-order valence-electron chi connectivity index (χ2n) is 4.77. The molecule has 1 fully saturated rings. The molecule has 1 aliphatic heterocycles. The molecule has 5 nitrogen and oxygen atoms in total. The number of aryl methyl sites for hydroxylation is 2. The van der Waals surface area contributed by atoms with E-state index in [0.29, 0.717) is 12.1 Å². The first kappa shape index (κ1) is 17.1. The van der Waals surface area contributed by atoms with E-state index in [0.717, 1.165) is 23.6 Å². The van der Waals surface area contributed by atoms with Crippen molar-refractivity contribution in [3.8, 4) is 0 Å². The lowest BCUT2D eigenvalue weighted by Crippen LogP contribution is -2.40. The Bertz CT molecular complexity index is 527. The maximum Gasteiger partial charge on any atom is 0.274 e. The molecule has 1 atom stereocenters. The average Bonchev–Trinajstić information content (AvgIpc) is 2.40. The van der Waals surface area contributed by atoms with Crippen LogP contribution >= 0.6 is 24.2 Å². The fraction of sp³-hybridized carbons (Fsp3) is 0.538. The highest BCUT2D eigenvalue weighted by molar-refractivity contribution is 7.99. The molecule has 0 bridgehead atoms. The molecule has 0 aliphatic carbocycles. The summed E-state index contributed by atoms with van der Waals surface area (Å²) in [5.41, 5.74) is 1.01. The van der Waals surface area contributed by atoms with Gasteiger partial charge >= 0.3 is 0 Å². The topological polar surface area (TPSA) is 63.1 Å². The van der Waals surface area contributed by atoms with Crippen LogP contribution in [-0.2, 0) is 11.8 Å². The Morgan fingerprint density at radius 3 is 3.00 bits per heavy atom. The maximum atomic E-state index is 12.0. The minimum Gasteiger partial charge on any atom is -0.321 e. The van der Waals surface area contributed by atoms with Crippen LogP contribution in [0, 0.1) is 6.92 Å². The molecule has 1 amide bonds. The van der Waals surface area contributed by atoms with E-state index < -0.39 is 0 Å². The lowest BCUT2D eigenvalue weighted by Gasteiger charge is -2.22. The highest BCUT2D eigenvalue weighted by Gasteiger charge is 2.18. The summed E-state index contributed by atoms with van der Waals surface area (Å²) in [4.78, 5) is 23.9. The van der Waals surface area contributed by atoms with Crippen molar-refractivity contribution >= 4 is 35.8 Å². The van der Waals surface area contributed by atoms with Crippen LogP contribution in [0.25, 0.3) is 0 Å². The van der Waals surface area contributed by atoms with Gasteiger partial charge in [0.05, 0.1) is 0 Å². The van der Waals surface area contributed by atoms with Gasteiger partial charge in [0.1, 0.15) is 5.69 Å². The second-order valence-corrected chi connectivity index (χ2v) is 5.92. The number of carbonyl (C=O) groups is 1. The molecular formula is C13H20ClN3O2S. The monoisotopic (exact) mass is 317 g/mol. The van der Waals surface area contributed by atoms with E-state index in [4.69, 9.17) is 0 Å². The molecule has 1 aromatic heterocycles. The van der Waals surface area contributed by atoms with Gasteiger partial charge in [-0.25, -0.2) is 0 Å². The number of nitrogens with one attached hydrogen (secondary N) is 2. The van der Waals surface area contributed by atoms with Gasteiger partial charge in [0.15, 0.2) is 0 Å². The molecule has 1 aliphatic rings. The number of thioether (sulfide) groups is 1.